The van der Waals surface area contributed by atoms with Crippen LogP contribution in [-0.2, 0) is 4.79 Å². The lowest BCUT2D eigenvalue weighted by Gasteiger charge is -2.28. The molecule has 2 aliphatic heterocycles. The maximum absolute atomic E-state index is 12.2. The molecule has 1 saturated heterocycles. The molecule has 1 aliphatic carbocycles. The number of aliphatic imine (C=N–C) groups is 1. The van der Waals surface area contributed by atoms with Crippen molar-refractivity contribution in [2.45, 2.75) is 63.3 Å². The SMILES string of the molecule is O=C1NC(CCC2CCCCC2)=NC12CCNCC2. The summed E-state index contributed by atoms with van der Waals surface area (Å²) in [4.78, 5) is 16.9. The Morgan fingerprint density at radius 1 is 1.16 bits per heavy atom. The van der Waals surface area contributed by atoms with E-state index in [1.807, 2.05) is 0 Å². The summed E-state index contributed by atoms with van der Waals surface area (Å²) in [6.07, 6.45) is 10.8. The number of carbonyl (C=O) groups is 1. The lowest BCUT2D eigenvalue weighted by atomic mass is 9.86. The van der Waals surface area contributed by atoms with E-state index >= 15 is 0 Å². The van der Waals surface area contributed by atoms with Crippen molar-refractivity contribution in [3.8, 4) is 0 Å². The van der Waals surface area contributed by atoms with E-state index in [2.05, 4.69) is 10.6 Å². The van der Waals surface area contributed by atoms with E-state index in [-0.39, 0.29) is 5.91 Å². The van der Waals surface area contributed by atoms with Crippen LogP contribution in [0.1, 0.15) is 57.8 Å². The van der Waals surface area contributed by atoms with Crippen molar-refractivity contribution in [3.63, 3.8) is 0 Å². The first-order valence-corrected chi connectivity index (χ1v) is 7.89. The van der Waals surface area contributed by atoms with Crippen LogP contribution in [0.15, 0.2) is 4.99 Å². The highest BCUT2D eigenvalue weighted by molar-refractivity contribution is 6.08. The number of amidine groups is 1. The fourth-order valence-electron chi connectivity index (χ4n) is 3.70. The van der Waals surface area contributed by atoms with Crippen LogP contribution in [0.4, 0.5) is 0 Å². The minimum absolute atomic E-state index is 0.146. The van der Waals surface area contributed by atoms with Gasteiger partial charge in [0.15, 0.2) is 0 Å². The third-order valence-electron chi connectivity index (χ3n) is 4.97. The van der Waals surface area contributed by atoms with Gasteiger partial charge in [-0.05, 0) is 38.3 Å². The number of hydrogen-bond donors (Lipinski definition) is 2. The molecule has 1 amide bonds. The lowest BCUT2D eigenvalue weighted by molar-refractivity contribution is -0.124. The third-order valence-corrected chi connectivity index (χ3v) is 4.97. The van der Waals surface area contributed by atoms with Crippen molar-refractivity contribution in [2.24, 2.45) is 10.9 Å². The van der Waals surface area contributed by atoms with Crippen LogP contribution in [-0.4, -0.2) is 30.4 Å². The summed E-state index contributed by atoms with van der Waals surface area (Å²) in [6.45, 7) is 1.82. The molecule has 1 spiro atoms. The van der Waals surface area contributed by atoms with Gasteiger partial charge in [-0.2, -0.15) is 0 Å². The standard InChI is InChI=1S/C15H25N3O/c19-14-15(8-10-16-11-9-15)18-13(17-14)7-6-12-4-2-1-3-5-12/h12,16H,1-11H2,(H,17,18,19). The zero-order valence-electron chi connectivity index (χ0n) is 11.7. The average Bonchev–Trinajstić information content (AvgIpc) is 2.75. The number of nitrogens with zero attached hydrogens (tertiary/aromatic N) is 1. The fourth-order valence-corrected chi connectivity index (χ4v) is 3.70. The van der Waals surface area contributed by atoms with Crippen LogP contribution in [0.5, 0.6) is 0 Å². The molecule has 3 aliphatic rings. The highest BCUT2D eigenvalue weighted by Crippen LogP contribution is 2.30. The van der Waals surface area contributed by atoms with Gasteiger partial charge < -0.3 is 10.6 Å². The van der Waals surface area contributed by atoms with E-state index in [1.54, 1.807) is 0 Å². The molecule has 0 aromatic rings. The van der Waals surface area contributed by atoms with Crippen LogP contribution in [0.3, 0.4) is 0 Å². The van der Waals surface area contributed by atoms with E-state index in [0.29, 0.717) is 0 Å². The predicted octanol–water partition coefficient (Wildman–Crippen LogP) is 2.00. The Labute approximate surface area is 115 Å². The first-order chi connectivity index (χ1) is 9.28. The predicted molar refractivity (Wildman–Crippen MR) is 76.2 cm³/mol. The Morgan fingerprint density at radius 2 is 1.89 bits per heavy atom. The Kier molecular flexibility index (Phi) is 3.87. The Morgan fingerprint density at radius 3 is 2.63 bits per heavy atom. The van der Waals surface area contributed by atoms with E-state index in [0.717, 1.165) is 44.1 Å². The molecule has 19 heavy (non-hydrogen) atoms. The molecule has 0 aromatic heterocycles. The number of amides is 1. The molecule has 0 bridgehead atoms. The van der Waals surface area contributed by atoms with Crippen LogP contribution in [0, 0.1) is 5.92 Å². The Balaban J connectivity index is 1.56. The topological polar surface area (TPSA) is 53.5 Å². The summed E-state index contributed by atoms with van der Waals surface area (Å²) in [5, 5.41) is 6.34. The molecule has 0 unspecified atom stereocenters. The smallest absolute Gasteiger partial charge is 0.253 e. The highest BCUT2D eigenvalue weighted by Gasteiger charge is 2.43. The van der Waals surface area contributed by atoms with Crippen LogP contribution < -0.4 is 10.6 Å². The molecule has 4 heteroatoms. The fraction of sp³-hybridized carbons (Fsp3) is 0.867. The van der Waals surface area contributed by atoms with Crippen molar-refractivity contribution in [3.05, 3.63) is 0 Å². The van der Waals surface area contributed by atoms with Crippen LogP contribution in [0.25, 0.3) is 0 Å². The molecule has 106 valence electrons. The minimum atomic E-state index is -0.423. The number of rotatable bonds is 3. The normalized spacial score (nSPS) is 27.4. The maximum Gasteiger partial charge on any atom is 0.253 e. The first-order valence-electron chi connectivity index (χ1n) is 7.89. The summed E-state index contributed by atoms with van der Waals surface area (Å²) in [7, 11) is 0. The molecule has 4 nitrogen and oxygen atoms in total. The van der Waals surface area contributed by atoms with Crippen molar-refractivity contribution in [2.75, 3.05) is 13.1 Å². The third kappa shape index (κ3) is 2.83. The molecular formula is C15H25N3O. The van der Waals surface area contributed by atoms with E-state index in [1.165, 1.54) is 38.5 Å². The zero-order chi connectivity index (χ0) is 13.1. The second-order valence-electron chi connectivity index (χ2n) is 6.34. The summed E-state index contributed by atoms with van der Waals surface area (Å²) < 4.78 is 0. The van der Waals surface area contributed by atoms with Gasteiger partial charge in [-0.15, -0.1) is 0 Å². The van der Waals surface area contributed by atoms with Crippen LogP contribution >= 0.6 is 0 Å². The molecule has 2 N–H and O–H groups in total. The number of hydrogen-bond acceptors (Lipinski definition) is 3. The quantitative estimate of drug-likeness (QED) is 0.818. The van der Waals surface area contributed by atoms with Crippen molar-refractivity contribution < 1.29 is 4.79 Å². The highest BCUT2D eigenvalue weighted by atomic mass is 16.2. The molecule has 1 saturated carbocycles. The van der Waals surface area contributed by atoms with Gasteiger partial charge in [0.2, 0.25) is 0 Å². The van der Waals surface area contributed by atoms with Gasteiger partial charge in [0, 0.05) is 6.42 Å². The first kappa shape index (κ1) is 13.1. The second-order valence-corrected chi connectivity index (χ2v) is 6.34. The minimum Gasteiger partial charge on any atom is -0.317 e. The van der Waals surface area contributed by atoms with Gasteiger partial charge in [0.05, 0.1) is 0 Å². The summed E-state index contributed by atoms with van der Waals surface area (Å²) in [5.74, 6) is 1.96. The van der Waals surface area contributed by atoms with Gasteiger partial charge >= 0.3 is 0 Å². The van der Waals surface area contributed by atoms with Crippen molar-refractivity contribution >= 4 is 11.7 Å². The number of piperidine rings is 1. The van der Waals surface area contributed by atoms with Crippen molar-refractivity contribution in [1.82, 2.24) is 10.6 Å². The van der Waals surface area contributed by atoms with Gasteiger partial charge in [-0.3, -0.25) is 9.79 Å². The van der Waals surface area contributed by atoms with Crippen molar-refractivity contribution in [1.29, 1.82) is 0 Å². The largest absolute Gasteiger partial charge is 0.317 e. The molecule has 2 fully saturated rings. The van der Waals surface area contributed by atoms with Gasteiger partial charge in [0.25, 0.3) is 5.91 Å². The number of carbonyl (C=O) groups excluding carboxylic acids is 1. The second kappa shape index (κ2) is 5.61. The summed E-state index contributed by atoms with van der Waals surface area (Å²) in [5.41, 5.74) is -0.423. The van der Waals surface area contributed by atoms with E-state index < -0.39 is 5.54 Å². The van der Waals surface area contributed by atoms with E-state index in [4.69, 9.17) is 4.99 Å². The summed E-state index contributed by atoms with van der Waals surface area (Å²) >= 11 is 0. The molecule has 2 heterocycles. The molecule has 0 atom stereocenters. The Hall–Kier alpha value is -0.900. The van der Waals surface area contributed by atoms with Gasteiger partial charge in [0.1, 0.15) is 11.4 Å². The average molecular weight is 263 g/mol. The monoisotopic (exact) mass is 263 g/mol. The van der Waals surface area contributed by atoms with Crippen LogP contribution in [0.2, 0.25) is 0 Å². The molecule has 3 rings (SSSR count). The Bertz CT molecular complexity index is 366. The molecule has 0 radical (unpaired) electrons. The van der Waals surface area contributed by atoms with E-state index in [9.17, 15) is 4.79 Å². The summed E-state index contributed by atoms with van der Waals surface area (Å²) in [6, 6.07) is 0. The molecule has 0 aromatic carbocycles. The van der Waals surface area contributed by atoms with Gasteiger partial charge in [-0.1, -0.05) is 32.1 Å². The molecular weight excluding hydrogens is 238 g/mol. The maximum atomic E-state index is 12.2. The number of nitrogens with one attached hydrogen (secondary N) is 2. The zero-order valence-corrected chi connectivity index (χ0v) is 11.7. The lowest BCUT2D eigenvalue weighted by Crippen LogP contribution is -2.47. The van der Waals surface area contributed by atoms with Gasteiger partial charge in [-0.25, -0.2) is 0 Å².